The third-order valence-electron chi connectivity index (χ3n) is 2.98. The maximum Gasteiger partial charge on any atom is 0.149 e. The van der Waals surface area contributed by atoms with E-state index in [1.165, 1.54) is 19.3 Å². The molecule has 0 amide bonds. The Morgan fingerprint density at radius 1 is 1.33 bits per heavy atom. The van der Waals surface area contributed by atoms with Crippen LogP contribution in [0.4, 0.5) is 11.6 Å². The molecule has 4 nitrogen and oxygen atoms in total. The summed E-state index contributed by atoms with van der Waals surface area (Å²) < 4.78 is 0. The van der Waals surface area contributed by atoms with Crippen molar-refractivity contribution in [1.82, 2.24) is 9.97 Å². The second kappa shape index (κ2) is 4.47. The predicted octanol–water partition coefficient (Wildman–Crippen LogP) is 1.69. The van der Waals surface area contributed by atoms with Gasteiger partial charge in [0.1, 0.15) is 11.6 Å². The smallest absolute Gasteiger partial charge is 0.149 e. The Morgan fingerprint density at radius 2 is 2.20 bits per heavy atom. The van der Waals surface area contributed by atoms with E-state index in [0.717, 1.165) is 24.8 Å². The van der Waals surface area contributed by atoms with Crippen molar-refractivity contribution in [2.75, 3.05) is 23.7 Å². The highest BCUT2D eigenvalue weighted by Gasteiger charge is 2.15. The van der Waals surface area contributed by atoms with Gasteiger partial charge in [-0.05, 0) is 25.2 Å². The number of rotatable bonds is 1. The molecule has 15 heavy (non-hydrogen) atoms. The van der Waals surface area contributed by atoms with Gasteiger partial charge < -0.3 is 10.6 Å². The molecule has 0 radical (unpaired) electrons. The minimum Gasteiger partial charge on any atom is -0.382 e. The number of nitrogens with two attached hydrogens (primary N) is 1. The van der Waals surface area contributed by atoms with Crippen LogP contribution < -0.4 is 10.6 Å². The SMILES string of the molecule is CC1CCCN(c2cncc(N)n2)CC1. The molecule has 82 valence electrons. The topological polar surface area (TPSA) is 55.0 Å². The number of nitrogens with zero attached hydrogens (tertiary/aromatic N) is 3. The molecule has 1 aromatic rings. The highest BCUT2D eigenvalue weighted by Crippen LogP contribution is 2.20. The van der Waals surface area contributed by atoms with E-state index in [0.29, 0.717) is 5.82 Å². The number of hydrogen-bond acceptors (Lipinski definition) is 4. The molecular formula is C11H18N4. The normalized spacial score (nSPS) is 22.5. The summed E-state index contributed by atoms with van der Waals surface area (Å²) in [6, 6.07) is 0. The fourth-order valence-corrected chi connectivity index (χ4v) is 2.01. The third-order valence-corrected chi connectivity index (χ3v) is 2.98. The van der Waals surface area contributed by atoms with Gasteiger partial charge in [-0.15, -0.1) is 0 Å². The molecule has 0 saturated carbocycles. The van der Waals surface area contributed by atoms with Crippen molar-refractivity contribution in [2.24, 2.45) is 5.92 Å². The standard InChI is InChI=1S/C11H18N4/c1-9-3-2-5-15(6-4-9)11-8-13-7-10(12)14-11/h7-9H,2-6H2,1H3,(H2,12,14). The maximum atomic E-state index is 5.63. The van der Waals surface area contributed by atoms with Crippen LogP contribution in [0.5, 0.6) is 0 Å². The number of hydrogen-bond donors (Lipinski definition) is 1. The van der Waals surface area contributed by atoms with Crippen LogP contribution in [0.3, 0.4) is 0 Å². The summed E-state index contributed by atoms with van der Waals surface area (Å²) in [5.41, 5.74) is 5.63. The van der Waals surface area contributed by atoms with Gasteiger partial charge in [-0.2, -0.15) is 0 Å². The van der Waals surface area contributed by atoms with Crippen LogP contribution in [-0.4, -0.2) is 23.1 Å². The van der Waals surface area contributed by atoms with Crippen LogP contribution in [0.1, 0.15) is 26.2 Å². The van der Waals surface area contributed by atoms with E-state index in [-0.39, 0.29) is 0 Å². The summed E-state index contributed by atoms with van der Waals surface area (Å²) in [4.78, 5) is 10.7. The average molecular weight is 206 g/mol. The van der Waals surface area contributed by atoms with Crippen molar-refractivity contribution >= 4 is 11.6 Å². The van der Waals surface area contributed by atoms with Crippen LogP contribution in [0.15, 0.2) is 12.4 Å². The van der Waals surface area contributed by atoms with Crippen molar-refractivity contribution in [3.8, 4) is 0 Å². The summed E-state index contributed by atoms with van der Waals surface area (Å²) in [6.45, 7) is 4.45. The Labute approximate surface area is 90.5 Å². The number of nitrogen functional groups attached to an aromatic ring is 1. The van der Waals surface area contributed by atoms with Gasteiger partial charge >= 0.3 is 0 Å². The molecule has 0 aromatic carbocycles. The largest absolute Gasteiger partial charge is 0.382 e. The Hall–Kier alpha value is -1.32. The second-order valence-corrected chi connectivity index (χ2v) is 4.33. The first-order valence-electron chi connectivity index (χ1n) is 5.58. The van der Waals surface area contributed by atoms with Gasteiger partial charge in [-0.25, -0.2) is 4.98 Å². The summed E-state index contributed by atoms with van der Waals surface area (Å²) >= 11 is 0. The van der Waals surface area contributed by atoms with Gasteiger partial charge in [0.05, 0.1) is 12.4 Å². The molecule has 0 aliphatic carbocycles. The van der Waals surface area contributed by atoms with Crippen molar-refractivity contribution in [3.63, 3.8) is 0 Å². The number of anilines is 2. The Morgan fingerprint density at radius 3 is 3.00 bits per heavy atom. The van der Waals surface area contributed by atoms with Crippen molar-refractivity contribution < 1.29 is 0 Å². The second-order valence-electron chi connectivity index (χ2n) is 4.33. The zero-order valence-electron chi connectivity index (χ0n) is 9.19. The molecule has 1 aromatic heterocycles. The fourth-order valence-electron chi connectivity index (χ4n) is 2.01. The molecule has 1 fully saturated rings. The van der Waals surface area contributed by atoms with E-state index in [9.17, 15) is 0 Å². The minimum atomic E-state index is 0.504. The van der Waals surface area contributed by atoms with Gasteiger partial charge in [0, 0.05) is 13.1 Å². The Balaban J connectivity index is 2.09. The van der Waals surface area contributed by atoms with Crippen LogP contribution >= 0.6 is 0 Å². The molecule has 0 bridgehead atoms. The van der Waals surface area contributed by atoms with Crippen molar-refractivity contribution in [3.05, 3.63) is 12.4 Å². The fraction of sp³-hybridized carbons (Fsp3) is 0.636. The van der Waals surface area contributed by atoms with E-state index in [4.69, 9.17) is 5.73 Å². The van der Waals surface area contributed by atoms with Crippen LogP contribution in [0.2, 0.25) is 0 Å². The summed E-state index contributed by atoms with van der Waals surface area (Å²) in [7, 11) is 0. The van der Waals surface area contributed by atoms with Gasteiger partial charge in [0.2, 0.25) is 0 Å². The average Bonchev–Trinajstić information content (AvgIpc) is 2.43. The molecule has 2 rings (SSSR count). The van der Waals surface area contributed by atoms with Gasteiger partial charge in [-0.3, -0.25) is 4.98 Å². The van der Waals surface area contributed by atoms with E-state index in [1.54, 1.807) is 12.4 Å². The highest BCUT2D eigenvalue weighted by molar-refractivity contribution is 5.41. The van der Waals surface area contributed by atoms with E-state index < -0.39 is 0 Å². The van der Waals surface area contributed by atoms with Crippen molar-refractivity contribution in [2.45, 2.75) is 26.2 Å². The molecule has 4 heteroatoms. The van der Waals surface area contributed by atoms with E-state index in [1.807, 2.05) is 0 Å². The maximum absolute atomic E-state index is 5.63. The molecule has 0 spiro atoms. The third kappa shape index (κ3) is 2.58. The summed E-state index contributed by atoms with van der Waals surface area (Å²) in [5, 5.41) is 0. The predicted molar refractivity (Wildman–Crippen MR) is 61.7 cm³/mol. The molecule has 1 saturated heterocycles. The van der Waals surface area contributed by atoms with Crippen LogP contribution in [0.25, 0.3) is 0 Å². The lowest BCUT2D eigenvalue weighted by Gasteiger charge is -2.21. The monoisotopic (exact) mass is 206 g/mol. The van der Waals surface area contributed by atoms with Gasteiger partial charge in [0.15, 0.2) is 0 Å². The first-order chi connectivity index (χ1) is 7.25. The quantitative estimate of drug-likeness (QED) is 0.759. The lowest BCUT2D eigenvalue weighted by molar-refractivity contribution is 0.521. The Bertz CT molecular complexity index is 326. The first kappa shape index (κ1) is 10.2. The van der Waals surface area contributed by atoms with E-state index in [2.05, 4.69) is 21.8 Å². The summed E-state index contributed by atoms with van der Waals surface area (Å²) in [5.74, 6) is 2.25. The zero-order valence-corrected chi connectivity index (χ0v) is 9.19. The van der Waals surface area contributed by atoms with Gasteiger partial charge in [-0.1, -0.05) is 6.92 Å². The lowest BCUT2D eigenvalue weighted by Crippen LogP contribution is -2.25. The lowest BCUT2D eigenvalue weighted by atomic mass is 10.0. The van der Waals surface area contributed by atoms with Crippen molar-refractivity contribution in [1.29, 1.82) is 0 Å². The molecule has 1 atom stereocenters. The van der Waals surface area contributed by atoms with E-state index >= 15 is 0 Å². The highest BCUT2D eigenvalue weighted by atomic mass is 15.2. The molecule has 1 aliphatic heterocycles. The minimum absolute atomic E-state index is 0.504. The Kier molecular flexibility index (Phi) is 3.04. The summed E-state index contributed by atoms with van der Waals surface area (Å²) in [6.07, 6.45) is 7.16. The molecule has 1 unspecified atom stereocenters. The molecule has 1 aliphatic rings. The molecule has 2 N–H and O–H groups in total. The van der Waals surface area contributed by atoms with Crippen LogP contribution in [-0.2, 0) is 0 Å². The molecular weight excluding hydrogens is 188 g/mol. The first-order valence-corrected chi connectivity index (χ1v) is 5.58. The van der Waals surface area contributed by atoms with Crippen LogP contribution in [0, 0.1) is 5.92 Å². The number of aromatic nitrogens is 2. The molecule has 2 heterocycles. The van der Waals surface area contributed by atoms with Gasteiger partial charge in [0.25, 0.3) is 0 Å². The zero-order chi connectivity index (χ0) is 10.7.